The zero-order valence-electron chi connectivity index (χ0n) is 12.6. The Morgan fingerprint density at radius 3 is 2.36 bits per heavy atom. The van der Waals surface area contributed by atoms with Crippen molar-refractivity contribution in [3.8, 4) is 0 Å². The summed E-state index contributed by atoms with van der Waals surface area (Å²) in [6.07, 6.45) is 2.85. The Labute approximate surface area is 129 Å². The van der Waals surface area contributed by atoms with Crippen molar-refractivity contribution in [1.29, 1.82) is 0 Å². The number of carbonyl (C=O) groups excluding carboxylic acids is 1. The predicted molar refractivity (Wildman–Crippen MR) is 86.4 cm³/mol. The van der Waals surface area contributed by atoms with E-state index in [1.165, 1.54) is 24.3 Å². The Morgan fingerprint density at radius 2 is 1.73 bits per heavy atom. The fourth-order valence-electron chi connectivity index (χ4n) is 2.02. The monoisotopic (exact) mass is 298 g/mol. The Bertz CT molecular complexity index is 636. The average molecular weight is 298 g/mol. The SMILES string of the molecule is CCCCC(=NNC(=O)c1ccc(F)cc1)c1ccccc1. The predicted octanol–water partition coefficient (Wildman–Crippen LogP) is 4.15. The lowest BCUT2D eigenvalue weighted by Gasteiger charge is -2.07. The first-order chi connectivity index (χ1) is 10.7. The van der Waals surface area contributed by atoms with Gasteiger partial charge in [-0.15, -0.1) is 0 Å². The van der Waals surface area contributed by atoms with Crippen molar-refractivity contribution in [3.05, 3.63) is 71.5 Å². The van der Waals surface area contributed by atoms with Crippen molar-refractivity contribution in [2.45, 2.75) is 26.2 Å². The number of halogens is 1. The first-order valence-electron chi connectivity index (χ1n) is 7.38. The minimum Gasteiger partial charge on any atom is -0.267 e. The second kappa shape index (κ2) is 8.08. The summed E-state index contributed by atoms with van der Waals surface area (Å²) in [6.45, 7) is 2.11. The topological polar surface area (TPSA) is 41.5 Å². The van der Waals surface area contributed by atoms with Crippen LogP contribution < -0.4 is 5.43 Å². The molecule has 0 aliphatic carbocycles. The second-order valence-corrected chi connectivity index (χ2v) is 4.98. The molecular weight excluding hydrogens is 279 g/mol. The molecule has 2 rings (SSSR count). The molecule has 3 nitrogen and oxygen atoms in total. The summed E-state index contributed by atoms with van der Waals surface area (Å²) in [4.78, 5) is 12.0. The van der Waals surface area contributed by atoms with Crippen LogP contribution in [0.4, 0.5) is 4.39 Å². The summed E-state index contributed by atoms with van der Waals surface area (Å²) in [7, 11) is 0. The third kappa shape index (κ3) is 4.52. The maximum absolute atomic E-state index is 12.9. The van der Waals surface area contributed by atoms with Crippen LogP contribution in [0, 0.1) is 5.82 Å². The minimum absolute atomic E-state index is 0.343. The molecule has 0 atom stereocenters. The summed E-state index contributed by atoms with van der Waals surface area (Å²) in [5.74, 6) is -0.710. The molecule has 0 radical (unpaired) electrons. The van der Waals surface area contributed by atoms with Gasteiger partial charge < -0.3 is 0 Å². The van der Waals surface area contributed by atoms with Gasteiger partial charge in [-0.25, -0.2) is 9.82 Å². The van der Waals surface area contributed by atoms with E-state index in [2.05, 4.69) is 17.5 Å². The Morgan fingerprint density at radius 1 is 1.05 bits per heavy atom. The highest BCUT2D eigenvalue weighted by Crippen LogP contribution is 2.08. The Hall–Kier alpha value is -2.49. The lowest BCUT2D eigenvalue weighted by molar-refractivity contribution is 0.0954. The van der Waals surface area contributed by atoms with Gasteiger partial charge in [0, 0.05) is 5.56 Å². The fraction of sp³-hybridized carbons (Fsp3) is 0.222. The van der Waals surface area contributed by atoms with E-state index < -0.39 is 0 Å². The molecule has 1 N–H and O–H groups in total. The van der Waals surface area contributed by atoms with Gasteiger partial charge in [0.25, 0.3) is 5.91 Å². The normalized spacial score (nSPS) is 11.3. The molecule has 4 heteroatoms. The average Bonchev–Trinajstić information content (AvgIpc) is 2.56. The molecule has 0 unspecified atom stereocenters. The Balaban J connectivity index is 2.12. The van der Waals surface area contributed by atoms with Crippen LogP contribution in [0.15, 0.2) is 59.7 Å². The van der Waals surface area contributed by atoms with Crippen LogP contribution in [0.2, 0.25) is 0 Å². The van der Waals surface area contributed by atoms with Gasteiger partial charge in [-0.1, -0.05) is 43.7 Å². The highest BCUT2D eigenvalue weighted by atomic mass is 19.1. The van der Waals surface area contributed by atoms with Crippen molar-refractivity contribution in [1.82, 2.24) is 5.43 Å². The number of hydrogen-bond donors (Lipinski definition) is 1. The minimum atomic E-state index is -0.368. The number of hydrazone groups is 1. The van der Waals surface area contributed by atoms with Crippen LogP contribution in [0.3, 0.4) is 0 Å². The third-order valence-electron chi connectivity index (χ3n) is 3.27. The van der Waals surface area contributed by atoms with Crippen molar-refractivity contribution >= 4 is 11.6 Å². The number of nitrogens with zero attached hydrogens (tertiary/aromatic N) is 1. The van der Waals surface area contributed by atoms with Crippen molar-refractivity contribution in [2.75, 3.05) is 0 Å². The van der Waals surface area contributed by atoms with Gasteiger partial charge in [0.2, 0.25) is 0 Å². The van der Waals surface area contributed by atoms with E-state index in [-0.39, 0.29) is 11.7 Å². The maximum Gasteiger partial charge on any atom is 0.271 e. The first-order valence-corrected chi connectivity index (χ1v) is 7.38. The number of benzene rings is 2. The van der Waals surface area contributed by atoms with Gasteiger partial charge in [0.15, 0.2) is 0 Å². The molecule has 0 bridgehead atoms. The zero-order chi connectivity index (χ0) is 15.8. The lowest BCUT2D eigenvalue weighted by Crippen LogP contribution is -2.20. The molecule has 0 aromatic heterocycles. The van der Waals surface area contributed by atoms with Crippen LogP contribution >= 0.6 is 0 Å². The second-order valence-electron chi connectivity index (χ2n) is 4.98. The van der Waals surface area contributed by atoms with E-state index in [1.54, 1.807) is 0 Å². The first kappa shape index (κ1) is 15.9. The molecule has 0 spiro atoms. The third-order valence-corrected chi connectivity index (χ3v) is 3.27. The summed E-state index contributed by atoms with van der Waals surface area (Å²) >= 11 is 0. The van der Waals surface area contributed by atoms with E-state index in [9.17, 15) is 9.18 Å². The van der Waals surface area contributed by atoms with Gasteiger partial charge >= 0.3 is 0 Å². The number of rotatable bonds is 6. The highest BCUT2D eigenvalue weighted by Gasteiger charge is 2.07. The number of amides is 1. The fourth-order valence-corrected chi connectivity index (χ4v) is 2.02. The van der Waals surface area contributed by atoms with Crippen molar-refractivity contribution < 1.29 is 9.18 Å². The standard InChI is InChI=1S/C18H19FN2O/c1-2-3-9-17(14-7-5-4-6-8-14)20-21-18(22)15-10-12-16(19)13-11-15/h4-8,10-13H,2-3,9H2,1H3,(H,21,22). The Kier molecular flexibility index (Phi) is 5.83. The van der Waals surface area contributed by atoms with Gasteiger partial charge in [-0.05, 0) is 42.7 Å². The number of unbranched alkanes of at least 4 members (excludes halogenated alkanes) is 1. The van der Waals surface area contributed by atoms with Crippen LogP contribution in [-0.2, 0) is 0 Å². The number of nitrogens with one attached hydrogen (secondary N) is 1. The molecule has 0 aliphatic rings. The van der Waals surface area contributed by atoms with E-state index >= 15 is 0 Å². The lowest BCUT2D eigenvalue weighted by atomic mass is 10.1. The largest absolute Gasteiger partial charge is 0.271 e. The number of carbonyl (C=O) groups is 1. The molecule has 0 saturated heterocycles. The van der Waals surface area contributed by atoms with Crippen LogP contribution in [0.25, 0.3) is 0 Å². The van der Waals surface area contributed by atoms with Crippen molar-refractivity contribution in [3.63, 3.8) is 0 Å². The summed E-state index contributed by atoms with van der Waals surface area (Å²) in [5.41, 5.74) is 4.78. The van der Waals surface area contributed by atoms with Crippen LogP contribution in [0.5, 0.6) is 0 Å². The molecule has 2 aromatic carbocycles. The smallest absolute Gasteiger partial charge is 0.267 e. The van der Waals surface area contributed by atoms with E-state index in [4.69, 9.17) is 0 Å². The van der Waals surface area contributed by atoms with Crippen molar-refractivity contribution in [2.24, 2.45) is 5.10 Å². The highest BCUT2D eigenvalue weighted by molar-refractivity contribution is 6.02. The summed E-state index contributed by atoms with van der Waals surface area (Å²) in [6, 6.07) is 15.2. The summed E-state index contributed by atoms with van der Waals surface area (Å²) < 4.78 is 12.9. The molecule has 114 valence electrons. The van der Waals surface area contributed by atoms with Gasteiger partial charge in [-0.3, -0.25) is 4.79 Å². The molecule has 0 fully saturated rings. The quantitative estimate of drug-likeness (QED) is 0.631. The molecular formula is C18H19FN2O. The van der Waals surface area contributed by atoms with Gasteiger partial charge in [0.1, 0.15) is 5.82 Å². The zero-order valence-corrected chi connectivity index (χ0v) is 12.6. The van der Waals surface area contributed by atoms with Gasteiger partial charge in [-0.2, -0.15) is 5.10 Å². The molecule has 0 saturated carbocycles. The van der Waals surface area contributed by atoms with Crippen LogP contribution in [0.1, 0.15) is 42.1 Å². The van der Waals surface area contributed by atoms with Gasteiger partial charge in [0.05, 0.1) is 5.71 Å². The molecule has 22 heavy (non-hydrogen) atoms. The van der Waals surface area contributed by atoms with E-state index in [1.807, 2.05) is 30.3 Å². The molecule has 0 heterocycles. The van der Waals surface area contributed by atoms with E-state index in [0.717, 1.165) is 30.5 Å². The number of hydrogen-bond acceptors (Lipinski definition) is 2. The van der Waals surface area contributed by atoms with E-state index in [0.29, 0.717) is 5.56 Å². The molecule has 0 aliphatic heterocycles. The molecule has 2 aromatic rings. The maximum atomic E-state index is 12.9. The molecule has 1 amide bonds. The van der Waals surface area contributed by atoms with Crippen LogP contribution in [-0.4, -0.2) is 11.6 Å². The summed E-state index contributed by atoms with van der Waals surface area (Å²) in [5, 5.41) is 4.25.